The third-order valence-electron chi connectivity index (χ3n) is 18.8. The van der Waals surface area contributed by atoms with Crippen molar-refractivity contribution in [1.29, 1.82) is 0 Å². The fourth-order valence-electron chi connectivity index (χ4n) is 15.0. The minimum atomic E-state index is 0.571. The van der Waals surface area contributed by atoms with Gasteiger partial charge in [-0.3, -0.25) is 4.57 Å². The second kappa shape index (κ2) is 19.5. The largest absolute Gasteiger partial charge is 0.313 e. The average molecular weight is 1140 g/mol. The molecule has 19 rings (SSSR count). The molecule has 0 saturated carbocycles. The summed E-state index contributed by atoms with van der Waals surface area (Å²) in [5.41, 5.74) is 22.0. The fraction of sp³-hybridized carbons (Fsp3) is 0.0494. The standard InChI is InChI=1S/C81H54N8/c1-6-22-51(23-7-1)79-82-80(52-24-8-2-9-25-52)84-81(83-79)89-69-36-20-17-33-60(69)67-50-58(40-46-73(67)89)88-72-45-39-53(48-65(72)62-43-47-74-75(76(62)88)64-34-18-21-37-70(64)85(74)55-26-10-3-11-27-55)54-38-44-71-66(49-54)63-42-41-61-59-32-16-19-35-68(59)86(56-28-12-4-13-29-56)77(61)78(63)87(71)57-30-14-5-15-31-57/h1-10,12-17,19-26,28-33,35-50H,11,18,27,34H2. The number of hydrogen-bond donors (Lipinski definition) is 0. The van der Waals surface area contributed by atoms with Crippen molar-refractivity contribution >= 4 is 110 Å². The van der Waals surface area contributed by atoms with Gasteiger partial charge in [-0.25, -0.2) is 4.98 Å². The van der Waals surface area contributed by atoms with Crippen LogP contribution in [-0.4, -0.2) is 37.8 Å². The summed E-state index contributed by atoms with van der Waals surface area (Å²) >= 11 is 0. The van der Waals surface area contributed by atoms with Gasteiger partial charge in [0.1, 0.15) is 0 Å². The normalized spacial score (nSPS) is 13.4. The molecule has 0 saturated heterocycles. The highest BCUT2D eigenvalue weighted by Gasteiger charge is 2.28. The summed E-state index contributed by atoms with van der Waals surface area (Å²) in [4.78, 5) is 15.6. The number of benzene rings is 11. The van der Waals surface area contributed by atoms with Crippen LogP contribution in [0.2, 0.25) is 0 Å². The summed E-state index contributed by atoms with van der Waals surface area (Å²) < 4.78 is 12.3. The Kier molecular flexibility index (Phi) is 10.8. The van der Waals surface area contributed by atoms with Gasteiger partial charge in [0, 0.05) is 88.1 Å². The summed E-state index contributed by atoms with van der Waals surface area (Å²) in [5, 5.41) is 10.9. The highest BCUT2D eigenvalue weighted by molar-refractivity contribution is 6.25. The molecule has 0 unspecified atom stereocenters. The number of fused-ring (bicyclic) bond motifs is 17. The quantitative estimate of drug-likeness (QED) is 0.152. The van der Waals surface area contributed by atoms with Crippen LogP contribution in [0.3, 0.4) is 0 Å². The molecule has 2 aliphatic carbocycles. The van der Waals surface area contributed by atoms with Crippen LogP contribution in [0.15, 0.2) is 273 Å². The predicted octanol–water partition coefficient (Wildman–Crippen LogP) is 20.4. The number of para-hydroxylation sites is 4. The number of aromatic nitrogens is 8. The summed E-state index contributed by atoms with van der Waals surface area (Å²) in [5.74, 6) is 1.82. The Balaban J connectivity index is 0.854. The summed E-state index contributed by atoms with van der Waals surface area (Å²) in [6.45, 7) is 0. The molecule has 6 heterocycles. The predicted molar refractivity (Wildman–Crippen MR) is 369 cm³/mol. The van der Waals surface area contributed by atoms with Crippen LogP contribution in [0.4, 0.5) is 0 Å². The molecule has 0 bridgehead atoms. The Morgan fingerprint density at radius 2 is 0.775 bits per heavy atom. The van der Waals surface area contributed by atoms with E-state index in [0.29, 0.717) is 17.6 Å². The molecule has 0 spiro atoms. The van der Waals surface area contributed by atoms with E-state index < -0.39 is 0 Å². The Morgan fingerprint density at radius 3 is 1.39 bits per heavy atom. The van der Waals surface area contributed by atoms with Gasteiger partial charge in [0.25, 0.3) is 0 Å². The first-order valence-corrected chi connectivity index (χ1v) is 30.9. The molecule has 0 N–H and O–H groups in total. The summed E-state index contributed by atoms with van der Waals surface area (Å²) in [7, 11) is 0. The lowest BCUT2D eigenvalue weighted by Gasteiger charge is -2.16. The molecule has 8 nitrogen and oxygen atoms in total. The number of rotatable bonds is 8. The van der Waals surface area contributed by atoms with Gasteiger partial charge in [-0.05, 0) is 139 Å². The maximum atomic E-state index is 5.27. The first kappa shape index (κ1) is 49.6. The van der Waals surface area contributed by atoms with Gasteiger partial charge in [-0.15, -0.1) is 0 Å². The molecule has 11 aromatic carbocycles. The lowest BCUT2D eigenvalue weighted by molar-refractivity contribution is 0.929. The van der Waals surface area contributed by atoms with Crippen molar-refractivity contribution in [2.24, 2.45) is 0 Å². The SMILES string of the molecule is C1=CCCC(n2c3c(c4c2ccc2c5cc(-c6ccc7c(c6)c6ccc8c9ccccc9n(-c9ccccc9)c8c6n7-c6ccccc6)ccc5n(-c5ccc6c(c5)c5ccccc5n6-c5nc(-c6ccccc6)nc(-c6ccccc6)n5)c24)CCC=C3)=C1. The Hall–Kier alpha value is -11.6. The fourth-order valence-corrected chi connectivity index (χ4v) is 15.0. The third kappa shape index (κ3) is 7.44. The second-order valence-electron chi connectivity index (χ2n) is 23.7. The number of aryl methyl sites for hydroxylation is 1. The molecule has 6 aromatic heterocycles. The van der Waals surface area contributed by atoms with Crippen molar-refractivity contribution in [3.63, 3.8) is 0 Å². The second-order valence-corrected chi connectivity index (χ2v) is 23.7. The lowest BCUT2D eigenvalue weighted by atomic mass is 9.98. The van der Waals surface area contributed by atoms with Gasteiger partial charge in [0.15, 0.2) is 11.6 Å². The van der Waals surface area contributed by atoms with E-state index in [9.17, 15) is 0 Å². The van der Waals surface area contributed by atoms with Crippen molar-refractivity contribution < 1.29 is 0 Å². The maximum Gasteiger partial charge on any atom is 0.238 e. The Labute approximate surface area is 511 Å². The van der Waals surface area contributed by atoms with Gasteiger partial charge in [0.05, 0.1) is 49.7 Å². The van der Waals surface area contributed by atoms with E-state index in [1.807, 2.05) is 36.4 Å². The lowest BCUT2D eigenvalue weighted by Crippen LogP contribution is -2.06. The zero-order valence-corrected chi connectivity index (χ0v) is 48.5. The van der Waals surface area contributed by atoms with Gasteiger partial charge in [0.2, 0.25) is 5.95 Å². The summed E-state index contributed by atoms with van der Waals surface area (Å²) in [6.07, 6.45) is 15.5. The number of allylic oxidation sites excluding steroid dienone is 5. The van der Waals surface area contributed by atoms with Gasteiger partial charge in [-0.1, -0.05) is 182 Å². The molecule has 89 heavy (non-hydrogen) atoms. The third-order valence-corrected chi connectivity index (χ3v) is 18.8. The molecule has 0 radical (unpaired) electrons. The van der Waals surface area contributed by atoms with Crippen LogP contribution in [0.5, 0.6) is 0 Å². The monoisotopic (exact) mass is 1140 g/mol. The van der Waals surface area contributed by atoms with E-state index in [4.69, 9.17) is 15.0 Å². The first-order valence-electron chi connectivity index (χ1n) is 30.9. The van der Waals surface area contributed by atoms with Crippen LogP contribution in [0.1, 0.15) is 30.5 Å². The maximum absolute atomic E-state index is 5.27. The minimum Gasteiger partial charge on any atom is -0.313 e. The summed E-state index contributed by atoms with van der Waals surface area (Å²) in [6, 6.07) is 90.5. The highest BCUT2D eigenvalue weighted by atomic mass is 15.2. The zero-order valence-electron chi connectivity index (χ0n) is 48.5. The van der Waals surface area contributed by atoms with Gasteiger partial charge >= 0.3 is 0 Å². The molecule has 0 fully saturated rings. The van der Waals surface area contributed by atoms with Crippen molar-refractivity contribution in [2.75, 3.05) is 0 Å². The zero-order chi connectivity index (χ0) is 58.3. The molecule has 17 aromatic rings. The first-order chi connectivity index (χ1) is 44.2. The molecule has 2 aliphatic rings. The van der Waals surface area contributed by atoms with Gasteiger partial charge in [-0.2, -0.15) is 9.97 Å². The van der Waals surface area contributed by atoms with E-state index in [2.05, 4.69) is 266 Å². The van der Waals surface area contributed by atoms with Crippen molar-refractivity contribution in [3.05, 3.63) is 284 Å². The minimum absolute atomic E-state index is 0.571. The molecule has 418 valence electrons. The topological polar surface area (TPSA) is 63.3 Å². The highest BCUT2D eigenvalue weighted by Crippen LogP contribution is 2.47. The van der Waals surface area contributed by atoms with Crippen LogP contribution in [-0.2, 0) is 6.42 Å². The van der Waals surface area contributed by atoms with Crippen LogP contribution in [0, 0.1) is 0 Å². The smallest absolute Gasteiger partial charge is 0.238 e. The number of nitrogens with zero attached hydrogens (tertiary/aromatic N) is 8. The van der Waals surface area contributed by atoms with E-state index in [-0.39, 0.29) is 0 Å². The molecule has 8 heteroatoms. The van der Waals surface area contributed by atoms with Crippen LogP contribution >= 0.6 is 0 Å². The molecular formula is C81H54N8. The number of hydrogen-bond acceptors (Lipinski definition) is 3. The Morgan fingerprint density at radius 1 is 0.303 bits per heavy atom. The molecular weight excluding hydrogens is 1080 g/mol. The molecule has 0 atom stereocenters. The van der Waals surface area contributed by atoms with E-state index in [1.54, 1.807) is 0 Å². The van der Waals surface area contributed by atoms with Crippen molar-refractivity contribution in [2.45, 2.75) is 25.7 Å². The molecule has 0 aliphatic heterocycles. The van der Waals surface area contributed by atoms with Gasteiger partial charge < -0.3 is 18.3 Å². The molecule has 0 amide bonds. The van der Waals surface area contributed by atoms with E-state index in [0.717, 1.165) is 81.2 Å². The van der Waals surface area contributed by atoms with Crippen LogP contribution < -0.4 is 0 Å². The Bertz CT molecular complexity index is 5830. The van der Waals surface area contributed by atoms with E-state index in [1.165, 1.54) is 98.9 Å². The average Bonchev–Trinajstić information content (AvgIpc) is 1.61. The van der Waals surface area contributed by atoms with Crippen molar-refractivity contribution in [1.82, 2.24) is 37.8 Å². The van der Waals surface area contributed by atoms with E-state index >= 15 is 0 Å². The van der Waals surface area contributed by atoms with Crippen molar-refractivity contribution in [3.8, 4) is 56.9 Å². The van der Waals surface area contributed by atoms with Crippen LogP contribution in [0.25, 0.3) is 167 Å².